The highest BCUT2D eigenvalue weighted by atomic mass is 16.5. The molecular formula is C24H26N2O2. The lowest BCUT2D eigenvalue weighted by Gasteiger charge is -2.42. The number of hydroxylamine groups is 1. The van der Waals surface area contributed by atoms with Crippen molar-refractivity contribution in [1.82, 2.24) is 10.5 Å². The molecular weight excluding hydrogens is 348 g/mol. The van der Waals surface area contributed by atoms with E-state index in [2.05, 4.69) is 63.0 Å². The number of nitrogens with zero attached hydrogens (tertiary/aromatic N) is 1. The Hall–Kier alpha value is -2.72. The zero-order valence-electron chi connectivity index (χ0n) is 16.8. The van der Waals surface area contributed by atoms with Crippen LogP contribution in [-0.4, -0.2) is 16.1 Å². The van der Waals surface area contributed by atoms with Crippen LogP contribution in [0.25, 0.3) is 22.0 Å². The Kier molecular flexibility index (Phi) is 4.27. The summed E-state index contributed by atoms with van der Waals surface area (Å²) in [6, 6.07) is 14.7. The van der Waals surface area contributed by atoms with Gasteiger partial charge in [-0.1, -0.05) is 52.0 Å². The van der Waals surface area contributed by atoms with Crippen molar-refractivity contribution in [2.75, 3.05) is 0 Å². The van der Waals surface area contributed by atoms with Crippen molar-refractivity contribution in [3.63, 3.8) is 0 Å². The first-order chi connectivity index (χ1) is 13.2. The summed E-state index contributed by atoms with van der Waals surface area (Å²) in [5.41, 5.74) is 8.30. The van der Waals surface area contributed by atoms with Crippen LogP contribution in [0.5, 0.6) is 0 Å². The molecule has 0 spiro atoms. The van der Waals surface area contributed by atoms with Crippen molar-refractivity contribution in [3.8, 4) is 11.1 Å². The molecule has 0 aliphatic heterocycles. The van der Waals surface area contributed by atoms with E-state index < -0.39 is 5.91 Å². The van der Waals surface area contributed by atoms with Gasteiger partial charge in [0.2, 0.25) is 0 Å². The highest BCUT2D eigenvalue weighted by molar-refractivity contribution is 5.97. The van der Waals surface area contributed by atoms with E-state index >= 15 is 0 Å². The number of rotatable bonds is 2. The second kappa shape index (κ2) is 6.42. The van der Waals surface area contributed by atoms with Gasteiger partial charge in [0.05, 0.1) is 11.1 Å². The van der Waals surface area contributed by atoms with Crippen molar-refractivity contribution >= 4 is 16.8 Å². The molecule has 2 N–H and O–H groups in total. The van der Waals surface area contributed by atoms with Crippen LogP contribution in [0, 0.1) is 0 Å². The highest BCUT2D eigenvalue weighted by Crippen LogP contribution is 2.46. The minimum Gasteiger partial charge on any atom is -0.288 e. The third-order valence-corrected chi connectivity index (χ3v) is 6.23. The number of hydrogen-bond acceptors (Lipinski definition) is 3. The van der Waals surface area contributed by atoms with Gasteiger partial charge in [0.25, 0.3) is 5.91 Å². The predicted molar refractivity (Wildman–Crippen MR) is 112 cm³/mol. The molecule has 0 saturated carbocycles. The van der Waals surface area contributed by atoms with Crippen molar-refractivity contribution in [2.45, 2.75) is 51.4 Å². The van der Waals surface area contributed by atoms with E-state index in [1.165, 1.54) is 35.7 Å². The Labute approximate surface area is 165 Å². The maximum Gasteiger partial charge on any atom is 0.276 e. The lowest BCUT2D eigenvalue weighted by molar-refractivity contribution is 0.0706. The lowest BCUT2D eigenvalue weighted by Crippen LogP contribution is -2.33. The van der Waals surface area contributed by atoms with Crippen LogP contribution in [0.2, 0.25) is 0 Å². The topological polar surface area (TPSA) is 62.2 Å². The van der Waals surface area contributed by atoms with E-state index in [4.69, 9.17) is 5.21 Å². The first-order valence-corrected chi connectivity index (χ1v) is 9.71. The average molecular weight is 374 g/mol. The van der Waals surface area contributed by atoms with Crippen LogP contribution < -0.4 is 5.48 Å². The van der Waals surface area contributed by atoms with Gasteiger partial charge in [0, 0.05) is 11.6 Å². The second-order valence-corrected chi connectivity index (χ2v) is 9.10. The molecule has 0 fully saturated rings. The number of hydrogen-bond donors (Lipinski definition) is 2. The van der Waals surface area contributed by atoms with Gasteiger partial charge in [-0.3, -0.25) is 15.0 Å². The monoisotopic (exact) mass is 374 g/mol. The van der Waals surface area contributed by atoms with Gasteiger partial charge in [-0.05, 0) is 64.1 Å². The third-order valence-electron chi connectivity index (χ3n) is 6.23. The van der Waals surface area contributed by atoms with E-state index in [9.17, 15) is 4.79 Å². The van der Waals surface area contributed by atoms with Crippen LogP contribution in [-0.2, 0) is 10.8 Å². The molecule has 1 aliphatic rings. The second-order valence-electron chi connectivity index (χ2n) is 9.10. The molecule has 1 heterocycles. The molecule has 0 saturated heterocycles. The smallest absolute Gasteiger partial charge is 0.276 e. The summed E-state index contributed by atoms with van der Waals surface area (Å²) >= 11 is 0. The van der Waals surface area contributed by atoms with Crippen LogP contribution in [0.3, 0.4) is 0 Å². The van der Waals surface area contributed by atoms with E-state index in [-0.39, 0.29) is 10.8 Å². The van der Waals surface area contributed by atoms with Gasteiger partial charge in [-0.2, -0.15) is 0 Å². The molecule has 0 unspecified atom stereocenters. The van der Waals surface area contributed by atoms with E-state index in [1.54, 1.807) is 11.5 Å². The lowest BCUT2D eigenvalue weighted by atomic mass is 9.63. The molecule has 3 aromatic rings. The Balaban J connectivity index is 1.83. The molecule has 1 aliphatic carbocycles. The zero-order chi connectivity index (χ0) is 20.1. The molecule has 4 heteroatoms. The molecule has 0 atom stereocenters. The number of nitrogens with one attached hydrogen (secondary N) is 1. The first kappa shape index (κ1) is 18.6. The van der Waals surface area contributed by atoms with E-state index in [1.807, 2.05) is 6.07 Å². The Bertz CT molecular complexity index is 1080. The van der Waals surface area contributed by atoms with Crippen molar-refractivity contribution in [3.05, 3.63) is 65.4 Å². The maximum atomic E-state index is 11.7. The van der Waals surface area contributed by atoms with Crippen LogP contribution in [0.15, 0.2) is 48.7 Å². The Morgan fingerprint density at radius 1 is 0.929 bits per heavy atom. The summed E-state index contributed by atoms with van der Waals surface area (Å²) in [5.74, 6) is -0.558. The fourth-order valence-electron chi connectivity index (χ4n) is 4.27. The summed E-state index contributed by atoms with van der Waals surface area (Å²) in [7, 11) is 0. The summed E-state index contributed by atoms with van der Waals surface area (Å²) < 4.78 is 0. The van der Waals surface area contributed by atoms with Crippen molar-refractivity contribution in [2.24, 2.45) is 0 Å². The third kappa shape index (κ3) is 3.08. The minimum atomic E-state index is -0.558. The number of pyridine rings is 1. The van der Waals surface area contributed by atoms with Crippen LogP contribution in [0.1, 0.15) is 62.0 Å². The summed E-state index contributed by atoms with van der Waals surface area (Å²) in [6.07, 6.45) is 3.85. The molecule has 4 rings (SSSR count). The minimum absolute atomic E-state index is 0.158. The largest absolute Gasteiger partial charge is 0.288 e. The molecule has 4 nitrogen and oxygen atoms in total. The number of benzene rings is 2. The molecule has 0 radical (unpaired) electrons. The molecule has 1 amide bonds. The maximum absolute atomic E-state index is 11.7. The summed E-state index contributed by atoms with van der Waals surface area (Å²) in [4.78, 5) is 16.0. The van der Waals surface area contributed by atoms with Gasteiger partial charge in [0.1, 0.15) is 0 Å². The standard InChI is InChI=1S/C24H26N2O2/c1-23(2)9-10-24(3,4)20-13-16(5-7-19(20)23)15-6-8-21-17(11-15)12-18(14-25-21)22(27)26-28/h5-8,11-14,28H,9-10H2,1-4H3,(H,26,27). The van der Waals surface area contributed by atoms with Crippen LogP contribution >= 0.6 is 0 Å². The number of fused-ring (bicyclic) bond motifs is 2. The fourth-order valence-corrected chi connectivity index (χ4v) is 4.27. The van der Waals surface area contributed by atoms with Gasteiger partial charge < -0.3 is 0 Å². The Morgan fingerprint density at radius 3 is 2.29 bits per heavy atom. The van der Waals surface area contributed by atoms with E-state index in [0.717, 1.165) is 16.5 Å². The summed E-state index contributed by atoms with van der Waals surface area (Å²) in [5, 5.41) is 9.74. The van der Waals surface area contributed by atoms with E-state index in [0.29, 0.717) is 5.56 Å². The zero-order valence-corrected chi connectivity index (χ0v) is 16.8. The molecule has 144 valence electrons. The number of aromatic nitrogens is 1. The van der Waals surface area contributed by atoms with Gasteiger partial charge in [0.15, 0.2) is 0 Å². The normalized spacial score (nSPS) is 17.2. The Morgan fingerprint density at radius 2 is 1.57 bits per heavy atom. The quantitative estimate of drug-likeness (QED) is 0.468. The number of carbonyl (C=O) groups is 1. The fraction of sp³-hybridized carbons (Fsp3) is 0.333. The average Bonchev–Trinajstić information content (AvgIpc) is 2.70. The van der Waals surface area contributed by atoms with Crippen molar-refractivity contribution in [1.29, 1.82) is 0 Å². The first-order valence-electron chi connectivity index (χ1n) is 9.71. The highest BCUT2D eigenvalue weighted by Gasteiger charge is 2.36. The molecule has 0 bridgehead atoms. The molecule has 2 aromatic carbocycles. The SMILES string of the molecule is CC1(C)CCC(C)(C)c2cc(-c3ccc4ncc(C(=O)NO)cc4c3)ccc21. The number of carbonyl (C=O) groups excluding carboxylic acids is 1. The van der Waals surface area contributed by atoms with Gasteiger partial charge in [-0.25, -0.2) is 5.48 Å². The predicted octanol–water partition coefficient (Wildman–Crippen LogP) is 5.37. The molecule has 1 aromatic heterocycles. The van der Waals surface area contributed by atoms with Gasteiger partial charge in [-0.15, -0.1) is 0 Å². The van der Waals surface area contributed by atoms with Gasteiger partial charge >= 0.3 is 0 Å². The molecule has 28 heavy (non-hydrogen) atoms. The van der Waals surface area contributed by atoms with Crippen LogP contribution in [0.4, 0.5) is 0 Å². The number of amides is 1. The van der Waals surface area contributed by atoms with Crippen molar-refractivity contribution < 1.29 is 10.0 Å². The summed E-state index contributed by atoms with van der Waals surface area (Å²) in [6.45, 7) is 9.32.